The molecule has 5 heteroatoms. The minimum atomic E-state index is -0.802. The SMILES string of the molecule is CCC(CCN)CCC(=O)NCC(CC(=O)O)CC(C)C. The summed E-state index contributed by atoms with van der Waals surface area (Å²) in [4.78, 5) is 22.7. The number of carbonyl (C=O) groups excluding carboxylic acids is 1. The minimum Gasteiger partial charge on any atom is -0.481 e. The maximum Gasteiger partial charge on any atom is 0.303 e. The average Bonchev–Trinajstić information content (AvgIpc) is 2.39. The molecular formula is C16H32N2O3. The van der Waals surface area contributed by atoms with Crippen molar-refractivity contribution in [3.8, 4) is 0 Å². The molecule has 0 radical (unpaired) electrons. The number of carboxylic acids is 1. The van der Waals surface area contributed by atoms with Crippen molar-refractivity contribution in [1.82, 2.24) is 5.32 Å². The Morgan fingerprint density at radius 1 is 1.19 bits per heavy atom. The average molecular weight is 300 g/mol. The van der Waals surface area contributed by atoms with Crippen LogP contribution in [0, 0.1) is 17.8 Å². The summed E-state index contributed by atoms with van der Waals surface area (Å²) in [6.07, 6.45) is 4.28. The molecule has 2 atom stereocenters. The highest BCUT2D eigenvalue weighted by molar-refractivity contribution is 5.76. The molecule has 2 unspecified atom stereocenters. The maximum absolute atomic E-state index is 11.9. The third kappa shape index (κ3) is 11.3. The normalized spacial score (nSPS) is 14.0. The van der Waals surface area contributed by atoms with Crippen LogP contribution in [0.2, 0.25) is 0 Å². The molecule has 0 aliphatic carbocycles. The van der Waals surface area contributed by atoms with Gasteiger partial charge in [0.25, 0.3) is 0 Å². The van der Waals surface area contributed by atoms with Gasteiger partial charge in [0.05, 0.1) is 0 Å². The Morgan fingerprint density at radius 2 is 1.86 bits per heavy atom. The van der Waals surface area contributed by atoms with Crippen molar-refractivity contribution in [2.24, 2.45) is 23.5 Å². The molecule has 0 fully saturated rings. The van der Waals surface area contributed by atoms with E-state index in [0.717, 1.165) is 25.7 Å². The summed E-state index contributed by atoms with van der Waals surface area (Å²) in [5, 5.41) is 11.8. The van der Waals surface area contributed by atoms with Crippen LogP contribution in [0.4, 0.5) is 0 Å². The van der Waals surface area contributed by atoms with Gasteiger partial charge < -0.3 is 16.2 Å². The van der Waals surface area contributed by atoms with Crippen LogP contribution in [0.3, 0.4) is 0 Å². The van der Waals surface area contributed by atoms with Crippen molar-refractivity contribution in [3.63, 3.8) is 0 Å². The smallest absolute Gasteiger partial charge is 0.303 e. The lowest BCUT2D eigenvalue weighted by molar-refractivity contribution is -0.138. The van der Waals surface area contributed by atoms with Crippen molar-refractivity contribution in [2.45, 2.75) is 59.3 Å². The molecule has 0 heterocycles. The summed E-state index contributed by atoms with van der Waals surface area (Å²) in [6, 6.07) is 0. The van der Waals surface area contributed by atoms with Crippen LogP contribution in [0.15, 0.2) is 0 Å². The Labute approximate surface area is 128 Å². The number of amides is 1. The molecule has 0 spiro atoms. The van der Waals surface area contributed by atoms with Gasteiger partial charge in [-0.15, -0.1) is 0 Å². The predicted molar refractivity (Wildman–Crippen MR) is 84.9 cm³/mol. The fourth-order valence-electron chi connectivity index (χ4n) is 2.62. The summed E-state index contributed by atoms with van der Waals surface area (Å²) in [5.74, 6) is 0.164. The van der Waals surface area contributed by atoms with Gasteiger partial charge >= 0.3 is 5.97 Å². The molecule has 0 bridgehead atoms. The van der Waals surface area contributed by atoms with E-state index in [2.05, 4.69) is 26.1 Å². The zero-order valence-corrected chi connectivity index (χ0v) is 13.7. The molecule has 5 nitrogen and oxygen atoms in total. The second-order valence-corrected chi connectivity index (χ2v) is 6.29. The molecule has 0 aliphatic heterocycles. The topological polar surface area (TPSA) is 92.4 Å². The highest BCUT2D eigenvalue weighted by Gasteiger charge is 2.16. The summed E-state index contributed by atoms with van der Waals surface area (Å²) < 4.78 is 0. The van der Waals surface area contributed by atoms with Crippen LogP contribution in [-0.2, 0) is 9.59 Å². The first-order valence-corrected chi connectivity index (χ1v) is 8.07. The molecule has 21 heavy (non-hydrogen) atoms. The van der Waals surface area contributed by atoms with E-state index in [-0.39, 0.29) is 18.2 Å². The molecule has 124 valence electrons. The molecule has 0 aromatic heterocycles. The Kier molecular flexibility index (Phi) is 10.9. The molecule has 0 rings (SSSR count). The van der Waals surface area contributed by atoms with E-state index in [9.17, 15) is 9.59 Å². The molecule has 0 saturated carbocycles. The molecular weight excluding hydrogens is 268 g/mol. The van der Waals surface area contributed by atoms with E-state index < -0.39 is 5.97 Å². The van der Waals surface area contributed by atoms with Crippen molar-refractivity contribution in [2.75, 3.05) is 13.1 Å². The molecule has 0 aromatic rings. The Bertz CT molecular complexity index is 306. The van der Waals surface area contributed by atoms with Crippen LogP contribution in [0.25, 0.3) is 0 Å². The van der Waals surface area contributed by atoms with Crippen molar-refractivity contribution in [3.05, 3.63) is 0 Å². The van der Waals surface area contributed by atoms with Gasteiger partial charge in [-0.25, -0.2) is 0 Å². The van der Waals surface area contributed by atoms with Crippen LogP contribution >= 0.6 is 0 Å². The quantitative estimate of drug-likeness (QED) is 0.516. The Hall–Kier alpha value is -1.10. The Balaban J connectivity index is 4.08. The van der Waals surface area contributed by atoms with E-state index >= 15 is 0 Å². The van der Waals surface area contributed by atoms with Crippen LogP contribution in [-0.4, -0.2) is 30.1 Å². The summed E-state index contributed by atoms with van der Waals surface area (Å²) in [5.41, 5.74) is 5.55. The third-order valence-electron chi connectivity index (χ3n) is 3.79. The highest BCUT2D eigenvalue weighted by Crippen LogP contribution is 2.16. The van der Waals surface area contributed by atoms with Crippen molar-refractivity contribution >= 4 is 11.9 Å². The number of carbonyl (C=O) groups is 2. The predicted octanol–water partition coefficient (Wildman–Crippen LogP) is 2.39. The molecule has 0 aromatic carbocycles. The first kappa shape index (κ1) is 19.9. The molecule has 1 amide bonds. The van der Waals surface area contributed by atoms with Crippen LogP contribution < -0.4 is 11.1 Å². The number of hydrogen-bond donors (Lipinski definition) is 3. The van der Waals surface area contributed by atoms with Crippen LogP contribution in [0.1, 0.15) is 59.3 Å². The van der Waals surface area contributed by atoms with Crippen LogP contribution in [0.5, 0.6) is 0 Å². The lowest BCUT2D eigenvalue weighted by Gasteiger charge is -2.18. The second kappa shape index (κ2) is 11.5. The van der Waals surface area contributed by atoms with Crippen molar-refractivity contribution in [1.29, 1.82) is 0 Å². The summed E-state index contributed by atoms with van der Waals surface area (Å²) in [7, 11) is 0. The van der Waals surface area contributed by atoms with E-state index in [4.69, 9.17) is 10.8 Å². The van der Waals surface area contributed by atoms with Crippen molar-refractivity contribution < 1.29 is 14.7 Å². The zero-order chi connectivity index (χ0) is 16.3. The number of rotatable bonds is 12. The molecule has 4 N–H and O–H groups in total. The summed E-state index contributed by atoms with van der Waals surface area (Å²) in [6.45, 7) is 7.36. The van der Waals surface area contributed by atoms with Gasteiger partial charge in [-0.3, -0.25) is 9.59 Å². The molecule has 0 saturated heterocycles. The van der Waals surface area contributed by atoms with Gasteiger partial charge in [0.1, 0.15) is 0 Å². The summed E-state index contributed by atoms with van der Waals surface area (Å²) >= 11 is 0. The van der Waals surface area contributed by atoms with Gasteiger partial charge in [-0.1, -0.05) is 27.2 Å². The third-order valence-corrected chi connectivity index (χ3v) is 3.79. The van der Waals surface area contributed by atoms with E-state index in [1.807, 2.05) is 0 Å². The number of carboxylic acid groups (broad SMARTS) is 1. The number of nitrogens with one attached hydrogen (secondary N) is 1. The monoisotopic (exact) mass is 300 g/mol. The minimum absolute atomic E-state index is 0.0115. The van der Waals surface area contributed by atoms with Gasteiger partial charge in [0.2, 0.25) is 5.91 Å². The van der Waals surface area contributed by atoms with Gasteiger partial charge in [-0.2, -0.15) is 0 Å². The lowest BCUT2D eigenvalue weighted by Crippen LogP contribution is -2.31. The highest BCUT2D eigenvalue weighted by atomic mass is 16.4. The van der Waals surface area contributed by atoms with E-state index in [1.165, 1.54) is 0 Å². The fraction of sp³-hybridized carbons (Fsp3) is 0.875. The number of hydrogen-bond acceptors (Lipinski definition) is 3. The first-order valence-electron chi connectivity index (χ1n) is 8.07. The largest absolute Gasteiger partial charge is 0.481 e. The van der Waals surface area contributed by atoms with E-state index in [1.54, 1.807) is 0 Å². The maximum atomic E-state index is 11.9. The number of aliphatic carboxylic acids is 1. The number of nitrogens with two attached hydrogens (primary N) is 1. The fourth-order valence-corrected chi connectivity index (χ4v) is 2.62. The standard InChI is InChI=1S/C16H32N2O3/c1-4-13(7-8-17)5-6-15(19)18-11-14(9-12(2)3)10-16(20)21/h12-14H,4-11,17H2,1-3H3,(H,18,19)(H,20,21). The van der Waals surface area contributed by atoms with Gasteiger partial charge in [-0.05, 0) is 43.6 Å². The second-order valence-electron chi connectivity index (χ2n) is 6.29. The first-order chi connectivity index (χ1) is 9.88. The van der Waals surface area contributed by atoms with Gasteiger partial charge in [0.15, 0.2) is 0 Å². The molecule has 0 aliphatic rings. The zero-order valence-electron chi connectivity index (χ0n) is 13.7. The Morgan fingerprint density at radius 3 is 2.33 bits per heavy atom. The lowest BCUT2D eigenvalue weighted by atomic mass is 9.93. The van der Waals surface area contributed by atoms with E-state index in [0.29, 0.717) is 31.3 Å². The van der Waals surface area contributed by atoms with Gasteiger partial charge in [0, 0.05) is 19.4 Å².